The van der Waals surface area contributed by atoms with Gasteiger partial charge in [-0.15, -0.1) is 0 Å². The van der Waals surface area contributed by atoms with Crippen molar-refractivity contribution in [2.24, 2.45) is 0 Å². The van der Waals surface area contributed by atoms with Crippen LogP contribution in [0.5, 0.6) is 0 Å². The van der Waals surface area contributed by atoms with Gasteiger partial charge in [0.05, 0.1) is 10.6 Å². The van der Waals surface area contributed by atoms with Crippen molar-refractivity contribution in [2.75, 3.05) is 0 Å². The molecule has 104 valence electrons. The smallest absolute Gasteiger partial charge is 0.284 e. The minimum atomic E-state index is -5.13. The molecule has 0 bridgehead atoms. The zero-order valence-electron chi connectivity index (χ0n) is 9.86. The number of hydrogen-bond acceptors (Lipinski definition) is 1. The Morgan fingerprint density at radius 3 is 2.32 bits per heavy atom. The van der Waals surface area contributed by atoms with Gasteiger partial charge in [0, 0.05) is 0 Å². The molecule has 0 aliphatic heterocycles. The van der Waals surface area contributed by atoms with Crippen LogP contribution in [0.4, 0.5) is 17.6 Å². The minimum Gasteiger partial charge on any atom is -0.284 e. The predicted octanol–water partition coefficient (Wildman–Crippen LogP) is 4.88. The number of halogens is 5. The standard InChI is InChI=1S/C13H11ClF4O/c14-9-6-5-8(7-3-1-2-4-7)11(15)10(9)12(19)13(16,17)18/h5-7H,1-4H2. The van der Waals surface area contributed by atoms with Gasteiger partial charge in [0.1, 0.15) is 5.82 Å². The molecule has 1 aliphatic rings. The van der Waals surface area contributed by atoms with Crippen molar-refractivity contribution < 1.29 is 22.4 Å². The first-order chi connectivity index (χ1) is 8.82. The van der Waals surface area contributed by atoms with E-state index < -0.39 is 28.4 Å². The fraction of sp³-hybridized carbons (Fsp3) is 0.462. The van der Waals surface area contributed by atoms with Gasteiger partial charge in [-0.05, 0) is 30.4 Å². The average Bonchev–Trinajstić information content (AvgIpc) is 2.81. The number of Topliss-reactive ketones (excluding diaryl/α,β-unsaturated/α-hetero) is 1. The van der Waals surface area contributed by atoms with E-state index in [2.05, 4.69) is 0 Å². The van der Waals surface area contributed by atoms with Gasteiger partial charge < -0.3 is 0 Å². The largest absolute Gasteiger partial charge is 0.455 e. The van der Waals surface area contributed by atoms with E-state index in [0.29, 0.717) is 0 Å². The highest BCUT2D eigenvalue weighted by Gasteiger charge is 2.42. The Morgan fingerprint density at radius 2 is 1.79 bits per heavy atom. The molecule has 0 amide bonds. The molecule has 0 atom stereocenters. The van der Waals surface area contributed by atoms with Crippen LogP contribution in [0, 0.1) is 5.82 Å². The van der Waals surface area contributed by atoms with Crippen LogP contribution >= 0.6 is 11.6 Å². The highest BCUT2D eigenvalue weighted by molar-refractivity contribution is 6.34. The van der Waals surface area contributed by atoms with Crippen LogP contribution in [-0.2, 0) is 0 Å². The molecule has 1 fully saturated rings. The first kappa shape index (κ1) is 14.3. The Kier molecular flexibility index (Phi) is 3.85. The molecule has 0 heterocycles. The summed E-state index contributed by atoms with van der Waals surface area (Å²) in [5.74, 6) is -3.48. The molecule has 2 rings (SSSR count). The Balaban J connectivity index is 2.48. The fourth-order valence-corrected chi connectivity index (χ4v) is 2.70. The van der Waals surface area contributed by atoms with Gasteiger partial charge >= 0.3 is 6.18 Å². The van der Waals surface area contributed by atoms with Gasteiger partial charge in [0.25, 0.3) is 5.78 Å². The summed E-state index contributed by atoms with van der Waals surface area (Å²) in [7, 11) is 0. The van der Waals surface area contributed by atoms with Crippen LogP contribution in [-0.4, -0.2) is 12.0 Å². The second-order valence-corrected chi connectivity index (χ2v) is 5.04. The first-order valence-electron chi connectivity index (χ1n) is 5.91. The number of hydrogen-bond donors (Lipinski definition) is 0. The lowest BCUT2D eigenvalue weighted by atomic mass is 9.94. The van der Waals surface area contributed by atoms with Crippen molar-refractivity contribution >= 4 is 17.4 Å². The monoisotopic (exact) mass is 294 g/mol. The number of alkyl halides is 3. The van der Waals surface area contributed by atoms with Crippen molar-refractivity contribution in [3.63, 3.8) is 0 Å². The van der Waals surface area contributed by atoms with Gasteiger partial charge in [0.15, 0.2) is 0 Å². The summed E-state index contributed by atoms with van der Waals surface area (Å²) in [5, 5.41) is -0.499. The number of rotatable bonds is 2. The van der Waals surface area contributed by atoms with Crippen LogP contribution < -0.4 is 0 Å². The quantitative estimate of drug-likeness (QED) is 0.561. The molecule has 1 aromatic carbocycles. The third kappa shape index (κ3) is 2.76. The second kappa shape index (κ2) is 5.12. The van der Waals surface area contributed by atoms with E-state index >= 15 is 0 Å². The van der Waals surface area contributed by atoms with Crippen LogP contribution in [0.3, 0.4) is 0 Å². The molecular weight excluding hydrogens is 284 g/mol. The molecule has 1 nitrogen and oxygen atoms in total. The van der Waals surface area contributed by atoms with Crippen molar-refractivity contribution in [1.82, 2.24) is 0 Å². The maximum atomic E-state index is 14.2. The lowest BCUT2D eigenvalue weighted by Gasteiger charge is -2.15. The van der Waals surface area contributed by atoms with Crippen molar-refractivity contribution in [3.8, 4) is 0 Å². The maximum absolute atomic E-state index is 14.2. The molecule has 0 saturated heterocycles. The Bertz CT molecular complexity index is 504. The molecule has 19 heavy (non-hydrogen) atoms. The number of carbonyl (C=O) groups is 1. The molecule has 0 N–H and O–H groups in total. The highest BCUT2D eigenvalue weighted by atomic mass is 35.5. The molecular formula is C13H11ClF4O. The summed E-state index contributed by atoms with van der Waals surface area (Å²) >= 11 is 5.55. The Labute approximate surface area is 112 Å². The lowest BCUT2D eigenvalue weighted by molar-refractivity contribution is -0.0887. The van der Waals surface area contributed by atoms with Gasteiger partial charge in [-0.1, -0.05) is 30.5 Å². The SMILES string of the molecule is O=C(c1c(Cl)ccc(C2CCCC2)c1F)C(F)(F)F. The fourth-order valence-electron chi connectivity index (χ4n) is 2.47. The summed E-state index contributed by atoms with van der Waals surface area (Å²) in [6, 6.07) is 2.54. The number of carbonyl (C=O) groups excluding carboxylic acids is 1. The van der Waals surface area contributed by atoms with Crippen molar-refractivity contribution in [1.29, 1.82) is 0 Å². The summed E-state index contributed by atoms with van der Waals surface area (Å²) in [6.07, 6.45) is -1.86. The average molecular weight is 295 g/mol. The topological polar surface area (TPSA) is 17.1 Å². The van der Waals surface area contributed by atoms with E-state index in [0.717, 1.165) is 31.7 Å². The van der Waals surface area contributed by atoms with Crippen LogP contribution in [0.15, 0.2) is 12.1 Å². The first-order valence-corrected chi connectivity index (χ1v) is 6.29. The zero-order chi connectivity index (χ0) is 14.2. The zero-order valence-corrected chi connectivity index (χ0v) is 10.6. The molecule has 0 unspecified atom stereocenters. The van der Waals surface area contributed by atoms with Crippen molar-refractivity contribution in [2.45, 2.75) is 37.8 Å². The molecule has 0 radical (unpaired) electrons. The Hall–Kier alpha value is -1.10. The Morgan fingerprint density at radius 1 is 1.21 bits per heavy atom. The van der Waals surface area contributed by atoms with E-state index in [1.54, 1.807) is 0 Å². The lowest BCUT2D eigenvalue weighted by Crippen LogP contribution is -2.25. The third-order valence-electron chi connectivity index (χ3n) is 3.40. The minimum absolute atomic E-state index is 0.128. The molecule has 0 spiro atoms. The molecule has 6 heteroatoms. The number of benzene rings is 1. The van der Waals surface area contributed by atoms with Crippen LogP contribution in [0.1, 0.15) is 47.5 Å². The van der Waals surface area contributed by atoms with Crippen molar-refractivity contribution in [3.05, 3.63) is 34.1 Å². The summed E-state index contributed by atoms with van der Waals surface area (Å²) < 4.78 is 51.4. The highest BCUT2D eigenvalue weighted by Crippen LogP contribution is 2.38. The van der Waals surface area contributed by atoms with E-state index in [9.17, 15) is 22.4 Å². The third-order valence-corrected chi connectivity index (χ3v) is 3.72. The van der Waals surface area contributed by atoms with E-state index in [4.69, 9.17) is 11.6 Å². The van der Waals surface area contributed by atoms with E-state index in [-0.39, 0.29) is 11.5 Å². The van der Waals surface area contributed by atoms with Gasteiger partial charge in [0.2, 0.25) is 0 Å². The molecule has 0 aromatic heterocycles. The summed E-state index contributed by atoms with van der Waals surface area (Å²) in [5.41, 5.74) is -0.895. The van der Waals surface area contributed by atoms with Crippen LogP contribution in [0.2, 0.25) is 5.02 Å². The van der Waals surface area contributed by atoms with Gasteiger partial charge in [-0.3, -0.25) is 4.79 Å². The van der Waals surface area contributed by atoms with E-state index in [1.807, 2.05) is 0 Å². The molecule has 1 aliphatic carbocycles. The van der Waals surface area contributed by atoms with Gasteiger partial charge in [-0.25, -0.2) is 4.39 Å². The maximum Gasteiger partial charge on any atom is 0.455 e. The van der Waals surface area contributed by atoms with E-state index in [1.165, 1.54) is 6.07 Å². The molecule has 1 saturated carbocycles. The van der Waals surface area contributed by atoms with Gasteiger partial charge in [-0.2, -0.15) is 13.2 Å². The van der Waals surface area contributed by atoms with Crippen LogP contribution in [0.25, 0.3) is 0 Å². The normalized spacial score (nSPS) is 16.9. The predicted molar refractivity (Wildman–Crippen MR) is 63.0 cm³/mol. The molecule has 1 aromatic rings. The number of ketones is 1. The summed E-state index contributed by atoms with van der Waals surface area (Å²) in [4.78, 5) is 11.2. The summed E-state index contributed by atoms with van der Waals surface area (Å²) in [6.45, 7) is 0. The second-order valence-electron chi connectivity index (χ2n) is 4.63.